The Morgan fingerprint density at radius 2 is 2.16 bits per heavy atom. The lowest BCUT2D eigenvalue weighted by Gasteiger charge is -2.42. The molecule has 2 saturated heterocycles. The lowest BCUT2D eigenvalue weighted by atomic mass is 10.0. The first-order chi connectivity index (χ1) is 9.00. The molecular weight excluding hydrogens is 246 g/mol. The molecule has 1 amide bonds. The molecule has 0 aromatic carbocycles. The van der Waals surface area contributed by atoms with E-state index in [1.165, 1.54) is 0 Å². The molecule has 0 bridgehead atoms. The van der Waals surface area contributed by atoms with E-state index in [0.717, 1.165) is 25.9 Å². The summed E-state index contributed by atoms with van der Waals surface area (Å²) in [5.74, 6) is 0.113. The van der Waals surface area contributed by atoms with Crippen molar-refractivity contribution in [1.82, 2.24) is 4.90 Å². The van der Waals surface area contributed by atoms with E-state index in [4.69, 9.17) is 9.47 Å². The summed E-state index contributed by atoms with van der Waals surface area (Å²) in [6.07, 6.45) is 3.46. The number of aliphatic hydroxyl groups excluding tert-OH is 1. The quantitative estimate of drug-likeness (QED) is 0.830. The van der Waals surface area contributed by atoms with Crippen LogP contribution in [-0.2, 0) is 14.3 Å². The Kier molecular flexibility index (Phi) is 4.81. The highest BCUT2D eigenvalue weighted by Gasteiger charge is 2.35. The molecule has 2 rings (SSSR count). The highest BCUT2D eigenvalue weighted by atomic mass is 16.5. The highest BCUT2D eigenvalue weighted by molar-refractivity contribution is 5.77. The van der Waals surface area contributed by atoms with Gasteiger partial charge in [0.05, 0.1) is 30.8 Å². The second kappa shape index (κ2) is 6.20. The Bertz CT molecular complexity index is 313. The number of nitrogens with zero attached hydrogens (tertiary/aromatic N) is 1. The fourth-order valence-electron chi connectivity index (χ4n) is 2.87. The van der Waals surface area contributed by atoms with E-state index < -0.39 is 5.60 Å². The van der Waals surface area contributed by atoms with Crippen LogP contribution >= 0.6 is 0 Å². The average molecular weight is 271 g/mol. The molecule has 0 saturated carbocycles. The summed E-state index contributed by atoms with van der Waals surface area (Å²) in [4.78, 5) is 14.1. The van der Waals surface area contributed by atoms with Crippen LogP contribution in [0.4, 0.5) is 0 Å². The summed E-state index contributed by atoms with van der Waals surface area (Å²) in [5, 5.41) is 9.26. The van der Waals surface area contributed by atoms with Crippen molar-refractivity contribution in [2.24, 2.45) is 0 Å². The van der Waals surface area contributed by atoms with Gasteiger partial charge >= 0.3 is 0 Å². The highest BCUT2D eigenvalue weighted by Crippen LogP contribution is 2.23. The van der Waals surface area contributed by atoms with Crippen molar-refractivity contribution in [3.63, 3.8) is 0 Å². The zero-order valence-corrected chi connectivity index (χ0v) is 11.9. The van der Waals surface area contributed by atoms with Crippen LogP contribution in [0.5, 0.6) is 0 Å². The topological polar surface area (TPSA) is 59.0 Å². The van der Waals surface area contributed by atoms with Crippen molar-refractivity contribution in [1.29, 1.82) is 0 Å². The molecule has 2 fully saturated rings. The van der Waals surface area contributed by atoms with Gasteiger partial charge in [-0.25, -0.2) is 0 Å². The van der Waals surface area contributed by atoms with Gasteiger partial charge < -0.3 is 19.5 Å². The summed E-state index contributed by atoms with van der Waals surface area (Å²) < 4.78 is 11.3. The summed E-state index contributed by atoms with van der Waals surface area (Å²) >= 11 is 0. The van der Waals surface area contributed by atoms with Crippen molar-refractivity contribution < 1.29 is 19.4 Å². The third kappa shape index (κ3) is 4.16. The van der Waals surface area contributed by atoms with Crippen molar-refractivity contribution in [3.8, 4) is 0 Å². The zero-order chi connectivity index (χ0) is 13.9. The summed E-state index contributed by atoms with van der Waals surface area (Å²) in [7, 11) is 0. The number of hydrogen-bond acceptors (Lipinski definition) is 4. The zero-order valence-electron chi connectivity index (χ0n) is 11.9. The van der Waals surface area contributed by atoms with Gasteiger partial charge in [-0.15, -0.1) is 0 Å². The first-order valence-corrected chi connectivity index (χ1v) is 7.18. The number of ether oxygens (including phenoxy) is 2. The van der Waals surface area contributed by atoms with Crippen LogP contribution in [0.3, 0.4) is 0 Å². The molecule has 0 spiro atoms. The Balaban J connectivity index is 1.89. The lowest BCUT2D eigenvalue weighted by molar-refractivity contribution is -0.169. The number of aliphatic hydroxyl groups is 1. The van der Waals surface area contributed by atoms with Gasteiger partial charge in [-0.1, -0.05) is 0 Å². The van der Waals surface area contributed by atoms with E-state index in [2.05, 4.69) is 0 Å². The van der Waals surface area contributed by atoms with Gasteiger partial charge in [0.2, 0.25) is 5.91 Å². The number of carbonyl (C=O) groups is 1. The molecule has 0 radical (unpaired) electrons. The summed E-state index contributed by atoms with van der Waals surface area (Å²) in [6, 6.07) is 0. The smallest absolute Gasteiger partial charge is 0.225 e. The second-order valence-corrected chi connectivity index (χ2v) is 6.15. The molecular formula is C14H25NO4. The van der Waals surface area contributed by atoms with Crippen LogP contribution < -0.4 is 0 Å². The van der Waals surface area contributed by atoms with Gasteiger partial charge in [0.25, 0.3) is 0 Å². The Labute approximate surface area is 114 Å². The SMILES string of the molecule is CC1(C)CN(C(=O)CC2CCCCO2)CC(CO)O1. The molecule has 2 unspecified atom stereocenters. The molecule has 0 aromatic heterocycles. The lowest BCUT2D eigenvalue weighted by Crippen LogP contribution is -2.56. The molecule has 2 atom stereocenters. The van der Waals surface area contributed by atoms with Crippen molar-refractivity contribution >= 4 is 5.91 Å². The Hall–Kier alpha value is -0.650. The molecule has 0 aliphatic carbocycles. The fraction of sp³-hybridized carbons (Fsp3) is 0.929. The maximum absolute atomic E-state index is 12.3. The number of carbonyl (C=O) groups excluding carboxylic acids is 1. The maximum atomic E-state index is 12.3. The number of hydrogen-bond donors (Lipinski definition) is 1. The van der Waals surface area contributed by atoms with Crippen LogP contribution in [0.15, 0.2) is 0 Å². The third-order valence-electron chi connectivity index (χ3n) is 3.71. The van der Waals surface area contributed by atoms with E-state index >= 15 is 0 Å². The Morgan fingerprint density at radius 1 is 1.37 bits per heavy atom. The number of rotatable bonds is 3. The largest absolute Gasteiger partial charge is 0.394 e. The predicted molar refractivity (Wildman–Crippen MR) is 70.8 cm³/mol. The number of amides is 1. The van der Waals surface area contributed by atoms with E-state index in [9.17, 15) is 9.90 Å². The van der Waals surface area contributed by atoms with Crippen molar-refractivity contribution in [3.05, 3.63) is 0 Å². The van der Waals surface area contributed by atoms with Gasteiger partial charge in [0.1, 0.15) is 0 Å². The number of morpholine rings is 1. The molecule has 5 nitrogen and oxygen atoms in total. The molecule has 2 aliphatic heterocycles. The van der Waals surface area contributed by atoms with Crippen LogP contribution in [0.2, 0.25) is 0 Å². The van der Waals surface area contributed by atoms with Crippen molar-refractivity contribution in [2.75, 3.05) is 26.3 Å². The van der Waals surface area contributed by atoms with Gasteiger partial charge in [0.15, 0.2) is 0 Å². The maximum Gasteiger partial charge on any atom is 0.225 e. The van der Waals surface area contributed by atoms with Crippen LogP contribution in [-0.4, -0.2) is 60.0 Å². The molecule has 19 heavy (non-hydrogen) atoms. The van der Waals surface area contributed by atoms with Crippen LogP contribution in [0.1, 0.15) is 39.5 Å². The minimum atomic E-state index is -0.394. The monoisotopic (exact) mass is 271 g/mol. The van der Waals surface area contributed by atoms with Crippen LogP contribution in [0, 0.1) is 0 Å². The van der Waals surface area contributed by atoms with Crippen molar-refractivity contribution in [2.45, 2.75) is 57.3 Å². The fourth-order valence-corrected chi connectivity index (χ4v) is 2.87. The molecule has 2 heterocycles. The van der Waals surface area contributed by atoms with E-state index in [1.807, 2.05) is 18.7 Å². The van der Waals surface area contributed by atoms with Gasteiger partial charge in [-0.3, -0.25) is 4.79 Å². The standard InChI is InChI=1S/C14H25NO4/c1-14(2)10-15(8-12(9-16)19-14)13(17)7-11-5-3-4-6-18-11/h11-12,16H,3-10H2,1-2H3. The van der Waals surface area contributed by atoms with E-state index in [1.54, 1.807) is 0 Å². The van der Waals surface area contributed by atoms with E-state index in [0.29, 0.717) is 19.5 Å². The average Bonchev–Trinajstić information content (AvgIpc) is 2.38. The second-order valence-electron chi connectivity index (χ2n) is 6.15. The molecule has 2 aliphatic rings. The van der Waals surface area contributed by atoms with Gasteiger partial charge in [-0.2, -0.15) is 0 Å². The summed E-state index contributed by atoms with van der Waals surface area (Å²) in [5.41, 5.74) is -0.394. The molecule has 0 aromatic rings. The molecule has 1 N–H and O–H groups in total. The third-order valence-corrected chi connectivity index (χ3v) is 3.71. The Morgan fingerprint density at radius 3 is 2.79 bits per heavy atom. The molecule has 5 heteroatoms. The van der Waals surface area contributed by atoms with Crippen LogP contribution in [0.25, 0.3) is 0 Å². The first-order valence-electron chi connectivity index (χ1n) is 7.18. The minimum Gasteiger partial charge on any atom is -0.394 e. The first kappa shape index (κ1) is 14.8. The minimum absolute atomic E-state index is 0.0485. The predicted octanol–water partition coefficient (Wildman–Crippen LogP) is 0.944. The normalized spacial score (nSPS) is 31.2. The van der Waals surface area contributed by atoms with E-state index in [-0.39, 0.29) is 24.7 Å². The summed E-state index contributed by atoms with van der Waals surface area (Å²) in [6.45, 7) is 5.68. The van der Waals surface area contributed by atoms with Gasteiger partial charge in [-0.05, 0) is 33.1 Å². The van der Waals surface area contributed by atoms with Gasteiger partial charge in [0, 0.05) is 19.7 Å². The molecule has 110 valence electrons.